The summed E-state index contributed by atoms with van der Waals surface area (Å²) >= 11 is 0. The van der Waals surface area contributed by atoms with Gasteiger partial charge in [0, 0.05) is 36.5 Å². The van der Waals surface area contributed by atoms with Gasteiger partial charge in [0.05, 0.1) is 24.3 Å². The monoisotopic (exact) mass is 711 g/mol. The van der Waals surface area contributed by atoms with E-state index in [1.54, 1.807) is 78.9 Å². The van der Waals surface area contributed by atoms with Crippen LogP contribution < -0.4 is 10.1 Å². The first kappa shape index (κ1) is 36.7. The summed E-state index contributed by atoms with van der Waals surface area (Å²) < 4.78 is 93.8. The minimum atomic E-state index is -5.08. The number of nitrogens with one attached hydrogen (secondary N) is 1. The first-order valence-corrected chi connectivity index (χ1v) is 15.6. The number of ether oxygens (including phenoxy) is 2. The number of alkyl halides is 6. The molecular weight excluding hydrogens is 680 g/mol. The van der Waals surface area contributed by atoms with Crippen LogP contribution in [0.2, 0.25) is 0 Å². The molecule has 4 aromatic carbocycles. The van der Waals surface area contributed by atoms with Gasteiger partial charge in [-0.3, -0.25) is 4.79 Å². The Morgan fingerprint density at radius 3 is 2.20 bits per heavy atom. The van der Waals surface area contributed by atoms with Crippen molar-refractivity contribution >= 4 is 11.8 Å². The predicted molar refractivity (Wildman–Crippen MR) is 174 cm³/mol. The number of amides is 1. The van der Waals surface area contributed by atoms with E-state index >= 15 is 0 Å². The molecule has 5 rings (SSSR count). The Kier molecular flexibility index (Phi) is 11.2. The molecule has 0 radical (unpaired) electrons. The lowest BCUT2D eigenvalue weighted by Gasteiger charge is -2.32. The molecule has 2 N–H and O–H groups in total. The summed E-state index contributed by atoms with van der Waals surface area (Å²) in [6, 6.07) is 23.2. The number of benzene rings is 4. The molecule has 2 atom stereocenters. The fraction of sp³-hybridized carbons (Fsp3) is 0.278. The van der Waals surface area contributed by atoms with Crippen molar-refractivity contribution in [2.75, 3.05) is 13.2 Å². The quantitative estimate of drug-likeness (QED) is 0.0477. The number of hydrogen-bond donors (Lipinski definition) is 2. The number of hydrogen-bond acceptors (Lipinski definition) is 6. The molecule has 4 aromatic rings. The Hall–Kier alpha value is -5.53. The van der Waals surface area contributed by atoms with Gasteiger partial charge >= 0.3 is 12.4 Å². The second-order valence-corrected chi connectivity index (χ2v) is 11.6. The average Bonchev–Trinajstić information content (AvgIpc) is 3.49. The lowest BCUT2D eigenvalue weighted by molar-refractivity contribution is -0.143. The van der Waals surface area contributed by atoms with E-state index < -0.39 is 53.1 Å². The number of nitrogens with zero attached hydrogens (tertiary/aromatic N) is 4. The summed E-state index contributed by atoms with van der Waals surface area (Å²) in [4.78, 5) is 22.2. The van der Waals surface area contributed by atoms with Crippen LogP contribution in [0.5, 0.6) is 5.75 Å². The highest BCUT2D eigenvalue weighted by Gasteiger charge is 2.53. The van der Waals surface area contributed by atoms with Crippen molar-refractivity contribution in [3.05, 3.63) is 146 Å². The van der Waals surface area contributed by atoms with E-state index in [1.165, 1.54) is 0 Å². The van der Waals surface area contributed by atoms with E-state index in [0.717, 1.165) is 0 Å². The SMILES string of the molecule is [N-]=[N+]=NCc1ccccc1[C@H]1OC(c2ccc(OCCCO)cc2)=N[C@@]1(Cc1ccccc1)C(=O)NCc1cc(C(F)(F)F)cc(C(F)(F)F)c1. The van der Waals surface area contributed by atoms with Crippen LogP contribution in [0.4, 0.5) is 26.3 Å². The number of carbonyl (C=O) groups excluding carboxylic acids is 1. The Labute approximate surface area is 288 Å². The molecule has 0 spiro atoms. The van der Waals surface area contributed by atoms with Crippen molar-refractivity contribution < 1.29 is 45.7 Å². The van der Waals surface area contributed by atoms with Crippen LogP contribution in [0.15, 0.2) is 107 Å². The molecule has 0 bridgehead atoms. The molecule has 0 saturated heterocycles. The maximum absolute atomic E-state index is 14.5. The first-order chi connectivity index (χ1) is 24.3. The zero-order valence-electron chi connectivity index (χ0n) is 26.8. The molecule has 9 nitrogen and oxygen atoms in total. The molecule has 51 heavy (non-hydrogen) atoms. The van der Waals surface area contributed by atoms with Gasteiger partial charge in [-0.05, 0) is 70.2 Å². The third-order valence-corrected chi connectivity index (χ3v) is 8.09. The Morgan fingerprint density at radius 1 is 0.922 bits per heavy atom. The zero-order chi connectivity index (χ0) is 36.6. The van der Waals surface area contributed by atoms with E-state index in [4.69, 9.17) is 25.1 Å². The lowest BCUT2D eigenvalue weighted by atomic mass is 9.80. The number of halogens is 6. The van der Waals surface area contributed by atoms with Gasteiger partial charge in [-0.25, -0.2) is 4.99 Å². The van der Waals surface area contributed by atoms with Gasteiger partial charge in [0.1, 0.15) is 5.75 Å². The van der Waals surface area contributed by atoms with Gasteiger partial charge < -0.3 is 19.9 Å². The summed E-state index contributed by atoms with van der Waals surface area (Å²) in [7, 11) is 0. The summed E-state index contributed by atoms with van der Waals surface area (Å²) in [6.45, 7) is -0.586. The van der Waals surface area contributed by atoms with Crippen molar-refractivity contribution in [2.24, 2.45) is 10.1 Å². The molecule has 1 aliphatic rings. The van der Waals surface area contributed by atoms with Crippen LogP contribution >= 0.6 is 0 Å². The topological polar surface area (TPSA) is 129 Å². The number of azide groups is 1. The van der Waals surface area contributed by atoms with Crippen molar-refractivity contribution in [3.63, 3.8) is 0 Å². The maximum atomic E-state index is 14.5. The smallest absolute Gasteiger partial charge is 0.416 e. The van der Waals surface area contributed by atoms with Crippen LogP contribution in [0, 0.1) is 0 Å². The molecule has 1 heterocycles. The molecule has 0 fully saturated rings. The normalized spacial score (nSPS) is 17.2. The highest BCUT2D eigenvalue weighted by atomic mass is 19.4. The highest BCUT2D eigenvalue weighted by molar-refractivity contribution is 6.01. The van der Waals surface area contributed by atoms with Crippen molar-refractivity contribution in [3.8, 4) is 5.75 Å². The molecule has 1 aliphatic heterocycles. The first-order valence-electron chi connectivity index (χ1n) is 15.6. The van der Waals surface area contributed by atoms with Crippen molar-refractivity contribution in [2.45, 2.75) is 49.9 Å². The summed E-state index contributed by atoms with van der Waals surface area (Å²) in [5.74, 6) is -0.306. The van der Waals surface area contributed by atoms with Crippen molar-refractivity contribution in [1.82, 2.24) is 5.32 Å². The number of rotatable bonds is 13. The molecular formula is C36H31F6N5O4. The number of aliphatic imine (C=N–C) groups is 1. The van der Waals surface area contributed by atoms with Crippen LogP contribution in [0.1, 0.15) is 51.5 Å². The molecule has 0 unspecified atom stereocenters. The van der Waals surface area contributed by atoms with Crippen LogP contribution in [0.3, 0.4) is 0 Å². The van der Waals surface area contributed by atoms with Gasteiger partial charge in [-0.2, -0.15) is 26.3 Å². The number of aliphatic hydroxyl groups excluding tert-OH is 1. The van der Waals surface area contributed by atoms with E-state index in [9.17, 15) is 31.1 Å². The van der Waals surface area contributed by atoms with E-state index in [2.05, 4.69) is 15.3 Å². The summed E-state index contributed by atoms with van der Waals surface area (Å²) in [5.41, 5.74) is 5.73. The minimum absolute atomic E-state index is 0.0171. The van der Waals surface area contributed by atoms with Gasteiger partial charge in [-0.15, -0.1) is 0 Å². The largest absolute Gasteiger partial charge is 0.494 e. The van der Waals surface area contributed by atoms with Gasteiger partial charge in [0.15, 0.2) is 11.6 Å². The molecule has 0 aliphatic carbocycles. The molecule has 0 saturated carbocycles. The van der Waals surface area contributed by atoms with Gasteiger partial charge in [0.25, 0.3) is 5.91 Å². The Morgan fingerprint density at radius 2 is 1.57 bits per heavy atom. The lowest BCUT2D eigenvalue weighted by Crippen LogP contribution is -2.50. The van der Waals surface area contributed by atoms with Gasteiger partial charge in [-0.1, -0.05) is 59.7 Å². The summed E-state index contributed by atoms with van der Waals surface area (Å²) in [6.07, 6.45) is -11.0. The molecule has 1 amide bonds. The zero-order valence-corrected chi connectivity index (χ0v) is 26.8. The second kappa shape index (κ2) is 15.6. The minimum Gasteiger partial charge on any atom is -0.494 e. The van der Waals surface area contributed by atoms with Crippen LogP contribution in [-0.4, -0.2) is 35.7 Å². The number of aliphatic hydroxyl groups is 1. The van der Waals surface area contributed by atoms with E-state index in [-0.39, 0.29) is 38.1 Å². The Bertz CT molecular complexity index is 1880. The fourth-order valence-electron chi connectivity index (χ4n) is 5.66. The molecule has 15 heteroatoms. The Balaban J connectivity index is 1.61. The van der Waals surface area contributed by atoms with E-state index in [1.807, 2.05) is 0 Å². The predicted octanol–water partition coefficient (Wildman–Crippen LogP) is 8.11. The van der Waals surface area contributed by atoms with Crippen LogP contribution in [-0.2, 0) is 41.4 Å². The molecule has 266 valence electrons. The third-order valence-electron chi connectivity index (χ3n) is 8.09. The third kappa shape index (κ3) is 8.80. The summed E-state index contributed by atoms with van der Waals surface area (Å²) in [5, 5.41) is 15.3. The van der Waals surface area contributed by atoms with Crippen molar-refractivity contribution in [1.29, 1.82) is 0 Å². The highest BCUT2D eigenvalue weighted by Crippen LogP contribution is 2.44. The van der Waals surface area contributed by atoms with Crippen LogP contribution in [0.25, 0.3) is 10.4 Å². The van der Waals surface area contributed by atoms with E-state index in [0.29, 0.717) is 46.6 Å². The number of carbonyl (C=O) groups is 1. The molecule has 0 aromatic heterocycles. The average molecular weight is 712 g/mol. The second-order valence-electron chi connectivity index (χ2n) is 11.6. The maximum Gasteiger partial charge on any atom is 0.416 e. The standard InChI is InChI=1S/C36H31F6N5O4/c37-35(38,39)27-17-24(18-28(19-27)36(40,41)42)21-44-33(49)34(20-23-7-2-1-3-8-23)31(30-10-5-4-9-26(30)22-45-47-43)51-32(46-34)25-11-13-29(14-12-25)50-16-6-15-48/h1-5,7-14,17-19,31,48H,6,15-16,20-22H2,(H,44,49)/t31-,34-/m1/s1. The van der Waals surface area contributed by atoms with Gasteiger partial charge in [0.2, 0.25) is 5.90 Å². The fourth-order valence-corrected chi connectivity index (χ4v) is 5.66.